The molecule has 0 aromatic heterocycles. The molecule has 0 amide bonds. The molecular formula is C11H23NO. The van der Waals surface area contributed by atoms with Gasteiger partial charge in [-0.15, -0.1) is 0 Å². The molecule has 0 saturated carbocycles. The third-order valence-corrected chi connectivity index (χ3v) is 2.94. The van der Waals surface area contributed by atoms with Gasteiger partial charge in [-0.3, -0.25) is 0 Å². The molecule has 0 radical (unpaired) electrons. The van der Waals surface area contributed by atoms with E-state index in [1.807, 2.05) is 0 Å². The Kier molecular flexibility index (Phi) is 4.74. The molecule has 0 aromatic carbocycles. The number of hydrogen-bond acceptors (Lipinski definition) is 2. The van der Waals surface area contributed by atoms with Crippen LogP contribution in [0, 0.1) is 0 Å². The SMILES string of the molecule is CCC(CC)NC1CCOC(C)C1. The van der Waals surface area contributed by atoms with Crippen LogP contribution in [0.15, 0.2) is 0 Å². The normalized spacial score (nSPS) is 29.5. The van der Waals surface area contributed by atoms with Crippen molar-refractivity contribution in [1.29, 1.82) is 0 Å². The highest BCUT2D eigenvalue weighted by Crippen LogP contribution is 2.14. The van der Waals surface area contributed by atoms with Crippen LogP contribution in [-0.4, -0.2) is 24.8 Å². The minimum absolute atomic E-state index is 0.445. The van der Waals surface area contributed by atoms with Gasteiger partial charge in [0.15, 0.2) is 0 Å². The molecule has 2 atom stereocenters. The number of ether oxygens (including phenoxy) is 1. The first-order chi connectivity index (χ1) is 6.26. The van der Waals surface area contributed by atoms with Gasteiger partial charge in [-0.2, -0.15) is 0 Å². The Morgan fingerprint density at radius 3 is 2.62 bits per heavy atom. The Labute approximate surface area is 82.0 Å². The Bertz CT molecular complexity index is 134. The van der Waals surface area contributed by atoms with Crippen molar-refractivity contribution in [1.82, 2.24) is 5.32 Å². The summed E-state index contributed by atoms with van der Waals surface area (Å²) < 4.78 is 5.52. The van der Waals surface area contributed by atoms with E-state index in [4.69, 9.17) is 4.74 Å². The van der Waals surface area contributed by atoms with Crippen LogP contribution in [0.5, 0.6) is 0 Å². The maximum Gasteiger partial charge on any atom is 0.0561 e. The van der Waals surface area contributed by atoms with Gasteiger partial charge in [-0.1, -0.05) is 13.8 Å². The lowest BCUT2D eigenvalue weighted by atomic mass is 10.0. The first kappa shape index (κ1) is 11.0. The molecule has 0 aromatic rings. The smallest absolute Gasteiger partial charge is 0.0561 e. The third kappa shape index (κ3) is 3.65. The predicted octanol–water partition coefficient (Wildman–Crippen LogP) is 2.33. The molecule has 1 saturated heterocycles. The highest BCUT2D eigenvalue weighted by Gasteiger charge is 2.20. The number of hydrogen-bond donors (Lipinski definition) is 1. The molecule has 78 valence electrons. The van der Waals surface area contributed by atoms with Crippen LogP contribution in [-0.2, 0) is 4.74 Å². The standard InChI is InChI=1S/C11H23NO/c1-4-10(5-2)12-11-6-7-13-9(3)8-11/h9-12H,4-8H2,1-3H3. The minimum Gasteiger partial charge on any atom is -0.378 e. The molecule has 1 aliphatic rings. The summed E-state index contributed by atoms with van der Waals surface area (Å²) in [5.41, 5.74) is 0. The van der Waals surface area contributed by atoms with Crippen LogP contribution in [0.1, 0.15) is 46.5 Å². The summed E-state index contributed by atoms with van der Waals surface area (Å²) in [6.07, 6.45) is 5.28. The van der Waals surface area contributed by atoms with Crippen molar-refractivity contribution >= 4 is 0 Å². The highest BCUT2D eigenvalue weighted by atomic mass is 16.5. The lowest BCUT2D eigenvalue weighted by Gasteiger charge is -2.31. The molecule has 2 unspecified atom stereocenters. The Balaban J connectivity index is 2.26. The first-order valence-corrected chi connectivity index (χ1v) is 5.63. The molecule has 1 rings (SSSR count). The zero-order valence-corrected chi connectivity index (χ0v) is 9.18. The van der Waals surface area contributed by atoms with Crippen molar-refractivity contribution in [3.05, 3.63) is 0 Å². The van der Waals surface area contributed by atoms with E-state index in [9.17, 15) is 0 Å². The maximum atomic E-state index is 5.52. The molecule has 0 spiro atoms. The average molecular weight is 185 g/mol. The minimum atomic E-state index is 0.445. The molecule has 1 fully saturated rings. The fourth-order valence-corrected chi connectivity index (χ4v) is 2.01. The van der Waals surface area contributed by atoms with Gasteiger partial charge in [-0.25, -0.2) is 0 Å². The molecule has 0 bridgehead atoms. The average Bonchev–Trinajstić information content (AvgIpc) is 2.14. The summed E-state index contributed by atoms with van der Waals surface area (Å²) in [7, 11) is 0. The van der Waals surface area contributed by atoms with Crippen LogP contribution in [0.4, 0.5) is 0 Å². The van der Waals surface area contributed by atoms with Crippen LogP contribution in [0.25, 0.3) is 0 Å². The molecule has 1 N–H and O–H groups in total. The van der Waals surface area contributed by atoms with E-state index < -0.39 is 0 Å². The molecule has 13 heavy (non-hydrogen) atoms. The maximum absolute atomic E-state index is 5.52. The lowest BCUT2D eigenvalue weighted by molar-refractivity contribution is 0.0111. The van der Waals surface area contributed by atoms with E-state index in [0.717, 1.165) is 6.61 Å². The van der Waals surface area contributed by atoms with Crippen LogP contribution in [0.3, 0.4) is 0 Å². The molecule has 1 heterocycles. The third-order valence-electron chi connectivity index (χ3n) is 2.94. The largest absolute Gasteiger partial charge is 0.378 e. The van der Waals surface area contributed by atoms with E-state index in [-0.39, 0.29) is 0 Å². The molecule has 0 aliphatic carbocycles. The van der Waals surface area contributed by atoms with Crippen molar-refractivity contribution in [2.45, 2.75) is 64.6 Å². The topological polar surface area (TPSA) is 21.3 Å². The van der Waals surface area contributed by atoms with Gasteiger partial charge in [0.25, 0.3) is 0 Å². The Morgan fingerprint density at radius 2 is 2.08 bits per heavy atom. The van der Waals surface area contributed by atoms with Crippen LogP contribution in [0.2, 0.25) is 0 Å². The van der Waals surface area contributed by atoms with Gasteiger partial charge >= 0.3 is 0 Å². The molecule has 2 heteroatoms. The lowest BCUT2D eigenvalue weighted by Crippen LogP contribution is -2.43. The summed E-state index contributed by atoms with van der Waals surface area (Å²) in [6.45, 7) is 7.60. The second-order valence-corrected chi connectivity index (χ2v) is 4.08. The van der Waals surface area contributed by atoms with E-state index in [1.165, 1.54) is 25.7 Å². The fourth-order valence-electron chi connectivity index (χ4n) is 2.01. The van der Waals surface area contributed by atoms with Crippen molar-refractivity contribution < 1.29 is 4.74 Å². The zero-order valence-electron chi connectivity index (χ0n) is 9.18. The highest BCUT2D eigenvalue weighted by molar-refractivity contribution is 4.77. The quantitative estimate of drug-likeness (QED) is 0.726. The fraction of sp³-hybridized carbons (Fsp3) is 1.00. The van der Waals surface area contributed by atoms with E-state index in [2.05, 4.69) is 26.1 Å². The van der Waals surface area contributed by atoms with Crippen molar-refractivity contribution in [3.63, 3.8) is 0 Å². The monoisotopic (exact) mass is 185 g/mol. The van der Waals surface area contributed by atoms with Gasteiger partial charge in [0, 0.05) is 18.7 Å². The second kappa shape index (κ2) is 5.61. The van der Waals surface area contributed by atoms with Crippen molar-refractivity contribution in [2.24, 2.45) is 0 Å². The predicted molar refractivity (Wildman–Crippen MR) is 55.9 cm³/mol. The van der Waals surface area contributed by atoms with Gasteiger partial charge in [0.2, 0.25) is 0 Å². The van der Waals surface area contributed by atoms with Crippen molar-refractivity contribution in [3.8, 4) is 0 Å². The van der Waals surface area contributed by atoms with E-state index in [0.29, 0.717) is 18.2 Å². The Hall–Kier alpha value is -0.0800. The summed E-state index contributed by atoms with van der Waals surface area (Å²) in [5.74, 6) is 0. The van der Waals surface area contributed by atoms with Gasteiger partial charge in [0.1, 0.15) is 0 Å². The summed E-state index contributed by atoms with van der Waals surface area (Å²) in [4.78, 5) is 0. The second-order valence-electron chi connectivity index (χ2n) is 4.08. The molecule has 2 nitrogen and oxygen atoms in total. The Morgan fingerprint density at radius 1 is 1.38 bits per heavy atom. The van der Waals surface area contributed by atoms with Gasteiger partial charge < -0.3 is 10.1 Å². The van der Waals surface area contributed by atoms with Crippen LogP contribution < -0.4 is 5.32 Å². The van der Waals surface area contributed by atoms with E-state index in [1.54, 1.807) is 0 Å². The molecular weight excluding hydrogens is 162 g/mol. The van der Waals surface area contributed by atoms with Gasteiger partial charge in [-0.05, 0) is 32.6 Å². The number of rotatable bonds is 4. The van der Waals surface area contributed by atoms with Gasteiger partial charge in [0.05, 0.1) is 6.10 Å². The zero-order chi connectivity index (χ0) is 9.68. The summed E-state index contributed by atoms with van der Waals surface area (Å²) in [6, 6.07) is 1.39. The van der Waals surface area contributed by atoms with Crippen molar-refractivity contribution in [2.75, 3.05) is 6.61 Å². The summed E-state index contributed by atoms with van der Waals surface area (Å²) >= 11 is 0. The summed E-state index contributed by atoms with van der Waals surface area (Å²) in [5, 5.41) is 3.71. The van der Waals surface area contributed by atoms with Crippen LogP contribution >= 0.6 is 0 Å². The van der Waals surface area contributed by atoms with E-state index >= 15 is 0 Å². The number of nitrogens with one attached hydrogen (secondary N) is 1. The first-order valence-electron chi connectivity index (χ1n) is 5.63. The molecule has 1 aliphatic heterocycles.